The van der Waals surface area contributed by atoms with E-state index in [4.69, 9.17) is 4.74 Å². The minimum Gasteiger partial charge on any atom is -0.494 e. The number of aliphatic carboxylic acids is 1. The van der Waals surface area contributed by atoms with Gasteiger partial charge in [0.05, 0.1) is 12.8 Å². The third-order valence-electron chi connectivity index (χ3n) is 5.77. The molecule has 35 heavy (non-hydrogen) atoms. The lowest BCUT2D eigenvalue weighted by Crippen LogP contribution is -2.51. The highest BCUT2D eigenvalue weighted by Crippen LogP contribution is 2.25. The van der Waals surface area contributed by atoms with E-state index in [-0.39, 0.29) is 18.0 Å². The molecule has 192 valence electrons. The van der Waals surface area contributed by atoms with Crippen LogP contribution in [0.5, 0.6) is 5.75 Å². The minimum absolute atomic E-state index is 0.0567. The minimum atomic E-state index is -3.96. The third kappa shape index (κ3) is 7.03. The summed E-state index contributed by atoms with van der Waals surface area (Å²) in [4.78, 5) is 33.5. The van der Waals surface area contributed by atoms with Gasteiger partial charge in [-0.05, 0) is 58.0 Å². The summed E-state index contributed by atoms with van der Waals surface area (Å²) in [5.41, 5.74) is 0.710. The summed E-state index contributed by atoms with van der Waals surface area (Å²) in [6, 6.07) is 4.87. The van der Waals surface area contributed by atoms with Crippen LogP contribution in [0.25, 0.3) is 0 Å². The van der Waals surface area contributed by atoms with Crippen LogP contribution in [0.15, 0.2) is 35.5 Å². The Kier molecular flexibility index (Phi) is 8.87. The van der Waals surface area contributed by atoms with Gasteiger partial charge in [-0.2, -0.15) is 4.31 Å². The summed E-state index contributed by atoms with van der Waals surface area (Å²) in [5.74, 6) is -0.696. The van der Waals surface area contributed by atoms with E-state index < -0.39 is 34.0 Å². The van der Waals surface area contributed by atoms with Gasteiger partial charge in [0, 0.05) is 19.5 Å². The lowest BCUT2D eigenvalue weighted by molar-refractivity contribution is -0.142. The predicted molar refractivity (Wildman–Crippen MR) is 129 cm³/mol. The number of H-pyrrole nitrogens is 1. The molecule has 1 amide bonds. The molecule has 0 bridgehead atoms. The third-order valence-corrected chi connectivity index (χ3v) is 7.59. The van der Waals surface area contributed by atoms with Gasteiger partial charge >= 0.3 is 5.97 Å². The maximum absolute atomic E-state index is 13.0. The molecule has 12 heteroatoms. The van der Waals surface area contributed by atoms with E-state index in [1.165, 1.54) is 6.20 Å². The summed E-state index contributed by atoms with van der Waals surface area (Å²) in [5, 5.41) is 12.1. The first-order chi connectivity index (χ1) is 16.6. The maximum Gasteiger partial charge on any atom is 0.326 e. The molecule has 2 heterocycles. The molecule has 0 unspecified atom stereocenters. The molecule has 1 fully saturated rings. The Bertz CT molecular complexity index is 1120. The molecular formula is C23H33N5O6S. The normalized spacial score (nSPS) is 17.4. The number of sulfonamides is 1. The first-order valence-corrected chi connectivity index (χ1v) is 12.9. The van der Waals surface area contributed by atoms with Gasteiger partial charge < -0.3 is 25.0 Å². The fourth-order valence-corrected chi connectivity index (χ4v) is 5.56. The number of carboxylic acids is 1. The zero-order valence-electron chi connectivity index (χ0n) is 20.2. The van der Waals surface area contributed by atoms with Crippen molar-refractivity contribution in [2.24, 2.45) is 0 Å². The summed E-state index contributed by atoms with van der Waals surface area (Å²) in [7, 11) is 0.0358. The summed E-state index contributed by atoms with van der Waals surface area (Å²) >= 11 is 0. The van der Waals surface area contributed by atoms with Crippen molar-refractivity contribution in [3.63, 3.8) is 0 Å². The van der Waals surface area contributed by atoms with Gasteiger partial charge in [0.15, 0.2) is 5.03 Å². The van der Waals surface area contributed by atoms with Gasteiger partial charge in [0.2, 0.25) is 5.91 Å². The van der Waals surface area contributed by atoms with Gasteiger partial charge in [-0.1, -0.05) is 12.1 Å². The molecule has 1 aliphatic heterocycles. The van der Waals surface area contributed by atoms with Crippen LogP contribution in [0, 0.1) is 6.92 Å². The standard InChI is InChI=1S/C23H33N5O6S/c1-16-24-15-21(25-16)35(32,33)28-12-4-6-20(28)22(29)26-19(23(30)31)14-17-7-9-18(10-8-17)34-13-5-11-27(2)3/h7-10,15,19-20H,4-6,11-14H2,1-3H3,(H,24,25)(H,26,29)(H,30,31)/t19-,20-/m0/s1. The Morgan fingerprint density at radius 3 is 2.63 bits per heavy atom. The number of amides is 1. The average Bonchev–Trinajstić information content (AvgIpc) is 3.47. The second-order valence-corrected chi connectivity index (χ2v) is 10.7. The highest BCUT2D eigenvalue weighted by Gasteiger charge is 2.41. The van der Waals surface area contributed by atoms with Crippen LogP contribution in [0.2, 0.25) is 0 Å². The van der Waals surface area contributed by atoms with E-state index in [0.717, 1.165) is 17.3 Å². The number of ether oxygens (including phenoxy) is 1. The SMILES string of the molecule is Cc1ncc(S(=O)(=O)N2CCC[C@H]2C(=O)N[C@@H](Cc2ccc(OCCCN(C)C)cc2)C(=O)O)[nH]1. The highest BCUT2D eigenvalue weighted by atomic mass is 32.2. The number of nitrogens with zero attached hydrogens (tertiary/aromatic N) is 3. The number of aromatic amines is 1. The van der Waals surface area contributed by atoms with Crippen molar-refractivity contribution in [2.75, 3.05) is 33.8 Å². The molecule has 0 spiro atoms. The second-order valence-electron chi connectivity index (χ2n) is 8.86. The van der Waals surface area contributed by atoms with Crippen molar-refractivity contribution in [3.8, 4) is 5.75 Å². The van der Waals surface area contributed by atoms with E-state index >= 15 is 0 Å². The van der Waals surface area contributed by atoms with Crippen molar-refractivity contribution in [1.82, 2.24) is 24.5 Å². The fourth-order valence-electron chi connectivity index (χ4n) is 3.94. The lowest BCUT2D eigenvalue weighted by Gasteiger charge is -2.24. The number of aromatic nitrogens is 2. The Balaban J connectivity index is 1.61. The quantitative estimate of drug-likeness (QED) is 0.361. The topological polar surface area (TPSA) is 145 Å². The molecule has 1 aromatic heterocycles. The van der Waals surface area contributed by atoms with Crippen LogP contribution in [-0.4, -0.2) is 90.4 Å². The summed E-state index contributed by atoms with van der Waals surface area (Å²) < 4.78 is 32.8. The first-order valence-electron chi connectivity index (χ1n) is 11.5. The molecule has 1 aromatic carbocycles. The van der Waals surface area contributed by atoms with Crippen LogP contribution in [0.4, 0.5) is 0 Å². The summed E-state index contributed by atoms with van der Waals surface area (Å²) in [6.07, 6.45) is 2.97. The van der Waals surface area contributed by atoms with E-state index in [0.29, 0.717) is 36.6 Å². The molecule has 3 N–H and O–H groups in total. The Morgan fingerprint density at radius 1 is 1.31 bits per heavy atom. The van der Waals surface area contributed by atoms with Crippen molar-refractivity contribution in [1.29, 1.82) is 0 Å². The Morgan fingerprint density at radius 2 is 2.03 bits per heavy atom. The number of imidazole rings is 1. The van der Waals surface area contributed by atoms with Gasteiger partial charge in [-0.25, -0.2) is 18.2 Å². The number of carbonyl (C=O) groups is 2. The van der Waals surface area contributed by atoms with E-state index in [9.17, 15) is 23.1 Å². The lowest BCUT2D eigenvalue weighted by atomic mass is 10.1. The zero-order valence-corrected chi connectivity index (χ0v) is 21.0. The zero-order chi connectivity index (χ0) is 25.6. The van der Waals surface area contributed by atoms with E-state index in [1.807, 2.05) is 14.1 Å². The van der Waals surface area contributed by atoms with Crippen molar-refractivity contribution in [3.05, 3.63) is 41.9 Å². The highest BCUT2D eigenvalue weighted by molar-refractivity contribution is 7.89. The molecule has 3 rings (SSSR count). The second kappa shape index (κ2) is 11.6. The molecular weight excluding hydrogens is 474 g/mol. The molecule has 2 aromatic rings. The fraction of sp³-hybridized carbons (Fsp3) is 0.522. The number of aryl methyl sites for hydroxylation is 1. The Labute approximate surface area is 205 Å². The number of hydrogen-bond donors (Lipinski definition) is 3. The van der Waals surface area contributed by atoms with Crippen LogP contribution in [-0.2, 0) is 26.0 Å². The monoisotopic (exact) mass is 507 g/mol. The van der Waals surface area contributed by atoms with Gasteiger partial charge in [0.25, 0.3) is 10.0 Å². The largest absolute Gasteiger partial charge is 0.494 e. The van der Waals surface area contributed by atoms with Crippen molar-refractivity contribution >= 4 is 21.9 Å². The molecule has 2 atom stereocenters. The predicted octanol–water partition coefficient (Wildman–Crippen LogP) is 1.01. The number of nitrogens with one attached hydrogen (secondary N) is 2. The van der Waals surface area contributed by atoms with Crippen LogP contribution < -0.4 is 10.1 Å². The van der Waals surface area contributed by atoms with E-state index in [2.05, 4.69) is 20.2 Å². The smallest absolute Gasteiger partial charge is 0.326 e. The van der Waals surface area contributed by atoms with Gasteiger partial charge in [0.1, 0.15) is 23.7 Å². The number of carbonyl (C=O) groups excluding carboxylic acids is 1. The number of hydrogen-bond acceptors (Lipinski definition) is 7. The van der Waals surface area contributed by atoms with Crippen LogP contribution in [0.1, 0.15) is 30.7 Å². The molecule has 0 radical (unpaired) electrons. The average molecular weight is 508 g/mol. The van der Waals surface area contributed by atoms with Crippen molar-refractivity contribution < 1.29 is 27.9 Å². The molecule has 11 nitrogen and oxygen atoms in total. The number of carboxylic acid groups (broad SMARTS) is 1. The first kappa shape index (κ1) is 26.6. The van der Waals surface area contributed by atoms with Crippen LogP contribution in [0.3, 0.4) is 0 Å². The Hall–Kier alpha value is -2.96. The summed E-state index contributed by atoms with van der Waals surface area (Å²) in [6.45, 7) is 3.30. The molecule has 0 saturated carbocycles. The number of benzene rings is 1. The maximum atomic E-state index is 13.0. The van der Waals surface area contributed by atoms with Gasteiger partial charge in [-0.15, -0.1) is 0 Å². The van der Waals surface area contributed by atoms with Crippen molar-refractivity contribution in [2.45, 2.75) is 49.7 Å². The number of rotatable bonds is 12. The molecule has 0 aliphatic carbocycles. The van der Waals surface area contributed by atoms with Gasteiger partial charge in [-0.3, -0.25) is 4.79 Å². The molecule has 1 aliphatic rings. The molecule has 1 saturated heterocycles. The van der Waals surface area contributed by atoms with E-state index in [1.54, 1.807) is 31.2 Å². The van der Waals surface area contributed by atoms with Crippen LogP contribution >= 0.6 is 0 Å².